The van der Waals surface area contributed by atoms with E-state index in [9.17, 15) is 13.2 Å². The minimum atomic E-state index is -4.15. The van der Waals surface area contributed by atoms with Gasteiger partial charge in [-0.1, -0.05) is 12.1 Å². The number of halogens is 3. The quantitative estimate of drug-likeness (QED) is 0.724. The molecule has 4 nitrogen and oxygen atoms in total. The Labute approximate surface area is 115 Å². The molecule has 0 amide bonds. The Balaban J connectivity index is 2.31. The molecule has 0 radical (unpaired) electrons. The van der Waals surface area contributed by atoms with E-state index in [1.54, 1.807) is 19.2 Å². The van der Waals surface area contributed by atoms with Gasteiger partial charge in [0.05, 0.1) is 6.42 Å². The van der Waals surface area contributed by atoms with Crippen molar-refractivity contribution < 1.29 is 28.0 Å². The van der Waals surface area contributed by atoms with Crippen LogP contribution in [0.4, 0.5) is 13.2 Å². The summed E-state index contributed by atoms with van der Waals surface area (Å²) < 4.78 is 41.4. The summed E-state index contributed by atoms with van der Waals surface area (Å²) in [6.07, 6.45) is -5.00. The molecule has 0 saturated heterocycles. The molecule has 20 heavy (non-hydrogen) atoms. The summed E-state index contributed by atoms with van der Waals surface area (Å²) in [5.41, 5.74) is 0.299. The second-order valence-electron chi connectivity index (χ2n) is 4.46. The van der Waals surface area contributed by atoms with Crippen LogP contribution in [-0.4, -0.2) is 55.0 Å². The number of hydrogen-bond acceptors (Lipinski definition) is 4. The maximum atomic E-state index is 12.0. The lowest BCUT2D eigenvalue weighted by Crippen LogP contribution is -2.30. The van der Waals surface area contributed by atoms with E-state index in [1.165, 1.54) is 17.0 Å². The number of likely N-dealkylation sites (N-methyl/N-ethyl adjacent to an activating group) is 1. The van der Waals surface area contributed by atoms with Gasteiger partial charge in [-0.3, -0.25) is 0 Å². The minimum absolute atomic E-state index is 0.0811. The summed E-state index contributed by atoms with van der Waals surface area (Å²) in [5.74, 6) is 0.444. The smallest absolute Gasteiger partial charge is 0.488 e. The highest BCUT2D eigenvalue weighted by atomic mass is 19.4. The van der Waals surface area contributed by atoms with Crippen LogP contribution in [0, 0.1) is 0 Å². The lowest BCUT2D eigenvalue weighted by atomic mass is 9.80. The Kier molecular flexibility index (Phi) is 6.32. The van der Waals surface area contributed by atoms with Crippen molar-refractivity contribution >= 4 is 12.6 Å². The molecule has 0 aromatic heterocycles. The van der Waals surface area contributed by atoms with Gasteiger partial charge in [0.25, 0.3) is 0 Å². The first-order valence-corrected chi connectivity index (χ1v) is 6.12. The van der Waals surface area contributed by atoms with Crippen LogP contribution in [0.5, 0.6) is 5.75 Å². The predicted octanol–water partition coefficient (Wildman–Crippen LogP) is 0.629. The van der Waals surface area contributed by atoms with Gasteiger partial charge in [-0.2, -0.15) is 13.2 Å². The zero-order chi connectivity index (χ0) is 15.2. The number of alkyl halides is 3. The van der Waals surface area contributed by atoms with E-state index in [1.807, 2.05) is 0 Å². The van der Waals surface area contributed by atoms with Crippen molar-refractivity contribution in [2.45, 2.75) is 12.6 Å². The molecule has 0 spiro atoms. The van der Waals surface area contributed by atoms with Crippen LogP contribution in [-0.2, 0) is 0 Å². The highest BCUT2D eigenvalue weighted by Gasteiger charge is 2.26. The molecule has 0 saturated carbocycles. The molecule has 0 heterocycles. The molecule has 1 aromatic rings. The molecular formula is C12H17BF3NO3. The minimum Gasteiger partial charge on any atom is -0.492 e. The summed E-state index contributed by atoms with van der Waals surface area (Å²) >= 11 is 0. The molecule has 0 aliphatic carbocycles. The van der Waals surface area contributed by atoms with Gasteiger partial charge in [-0.15, -0.1) is 0 Å². The van der Waals surface area contributed by atoms with Crippen LogP contribution < -0.4 is 10.2 Å². The third-order valence-electron chi connectivity index (χ3n) is 2.67. The summed E-state index contributed by atoms with van der Waals surface area (Å²) in [5, 5.41) is 18.0. The molecule has 0 aliphatic rings. The van der Waals surface area contributed by atoms with Crippen LogP contribution in [0.1, 0.15) is 6.42 Å². The second-order valence-corrected chi connectivity index (χ2v) is 4.46. The van der Waals surface area contributed by atoms with Gasteiger partial charge in [0.2, 0.25) is 0 Å². The van der Waals surface area contributed by atoms with Crippen LogP contribution in [0.15, 0.2) is 24.3 Å². The Morgan fingerprint density at radius 1 is 1.25 bits per heavy atom. The zero-order valence-corrected chi connectivity index (χ0v) is 11.1. The van der Waals surface area contributed by atoms with E-state index in [2.05, 4.69) is 0 Å². The van der Waals surface area contributed by atoms with Crippen molar-refractivity contribution in [3.05, 3.63) is 24.3 Å². The monoisotopic (exact) mass is 291 g/mol. The van der Waals surface area contributed by atoms with Crippen molar-refractivity contribution in [2.24, 2.45) is 0 Å². The first-order chi connectivity index (χ1) is 9.28. The molecule has 0 fully saturated rings. The SMILES string of the molecule is CN(CCOc1cccc(B(O)O)c1)CCC(F)(F)F. The summed E-state index contributed by atoms with van der Waals surface area (Å²) in [6.45, 7) is 0.490. The van der Waals surface area contributed by atoms with E-state index in [4.69, 9.17) is 14.8 Å². The van der Waals surface area contributed by atoms with E-state index in [0.717, 1.165) is 0 Å². The average molecular weight is 291 g/mol. The number of rotatable bonds is 7. The van der Waals surface area contributed by atoms with Crippen LogP contribution in [0.25, 0.3) is 0 Å². The lowest BCUT2D eigenvalue weighted by molar-refractivity contribution is -0.137. The van der Waals surface area contributed by atoms with Crippen LogP contribution in [0.3, 0.4) is 0 Å². The van der Waals surface area contributed by atoms with Crippen molar-refractivity contribution in [3.63, 3.8) is 0 Å². The fourth-order valence-corrected chi connectivity index (χ4v) is 1.51. The molecule has 0 aliphatic heterocycles. The third kappa shape index (κ3) is 6.79. The highest BCUT2D eigenvalue weighted by Crippen LogP contribution is 2.19. The summed E-state index contributed by atoms with van der Waals surface area (Å²) in [4.78, 5) is 1.53. The molecule has 2 N–H and O–H groups in total. The van der Waals surface area contributed by atoms with Gasteiger partial charge in [0, 0.05) is 13.1 Å². The topological polar surface area (TPSA) is 52.9 Å². The van der Waals surface area contributed by atoms with Gasteiger partial charge in [0.15, 0.2) is 0 Å². The van der Waals surface area contributed by atoms with Crippen LogP contribution >= 0.6 is 0 Å². The van der Waals surface area contributed by atoms with Crippen LogP contribution in [0.2, 0.25) is 0 Å². The normalized spacial score (nSPS) is 11.8. The maximum Gasteiger partial charge on any atom is 0.488 e. The Hall–Kier alpha value is -1.25. The Bertz CT molecular complexity index is 415. The standard InChI is InChI=1S/C12H17BF3NO3/c1-17(6-5-12(14,15)16)7-8-20-11-4-2-3-10(9-11)13(18)19/h2-4,9,18-19H,5-8H2,1H3. The molecule has 1 rings (SSSR count). The van der Waals surface area contributed by atoms with Gasteiger partial charge in [0.1, 0.15) is 12.4 Å². The van der Waals surface area contributed by atoms with E-state index in [-0.39, 0.29) is 13.2 Å². The molecule has 8 heteroatoms. The fraction of sp³-hybridized carbons (Fsp3) is 0.500. The largest absolute Gasteiger partial charge is 0.492 e. The van der Waals surface area contributed by atoms with Gasteiger partial charge in [-0.05, 0) is 24.6 Å². The number of benzene rings is 1. The summed E-state index contributed by atoms with van der Waals surface area (Å²) in [6, 6.07) is 6.26. The average Bonchev–Trinajstić information content (AvgIpc) is 2.36. The van der Waals surface area contributed by atoms with Crippen molar-refractivity contribution in [1.29, 1.82) is 0 Å². The van der Waals surface area contributed by atoms with Gasteiger partial charge >= 0.3 is 13.3 Å². The maximum absolute atomic E-state index is 12.0. The lowest BCUT2D eigenvalue weighted by Gasteiger charge is -2.18. The first-order valence-electron chi connectivity index (χ1n) is 6.12. The van der Waals surface area contributed by atoms with E-state index >= 15 is 0 Å². The Morgan fingerprint density at radius 2 is 1.95 bits per heavy atom. The number of hydrogen-bond donors (Lipinski definition) is 2. The molecule has 1 aromatic carbocycles. The first kappa shape index (κ1) is 16.8. The van der Waals surface area contributed by atoms with Gasteiger partial charge in [-0.25, -0.2) is 0 Å². The Morgan fingerprint density at radius 3 is 2.55 bits per heavy atom. The van der Waals surface area contributed by atoms with E-state index in [0.29, 0.717) is 17.8 Å². The molecule has 0 bridgehead atoms. The van der Waals surface area contributed by atoms with Crippen molar-refractivity contribution in [2.75, 3.05) is 26.7 Å². The van der Waals surface area contributed by atoms with Crippen molar-refractivity contribution in [1.82, 2.24) is 4.90 Å². The summed E-state index contributed by atoms with van der Waals surface area (Å²) in [7, 11) is 0.0104. The fourth-order valence-electron chi connectivity index (χ4n) is 1.51. The third-order valence-corrected chi connectivity index (χ3v) is 2.67. The molecule has 112 valence electrons. The molecular weight excluding hydrogens is 274 g/mol. The predicted molar refractivity (Wildman–Crippen MR) is 69.9 cm³/mol. The number of ether oxygens (including phenoxy) is 1. The van der Waals surface area contributed by atoms with Crippen molar-refractivity contribution in [3.8, 4) is 5.75 Å². The second kappa shape index (κ2) is 7.51. The molecule has 0 atom stereocenters. The molecule has 0 unspecified atom stereocenters. The highest BCUT2D eigenvalue weighted by molar-refractivity contribution is 6.58. The zero-order valence-electron chi connectivity index (χ0n) is 11.1. The van der Waals surface area contributed by atoms with E-state index < -0.39 is 19.7 Å². The van der Waals surface area contributed by atoms with Gasteiger partial charge < -0.3 is 19.7 Å². The number of nitrogens with zero attached hydrogens (tertiary/aromatic N) is 1.